The van der Waals surface area contributed by atoms with E-state index in [1.165, 1.54) is 0 Å². The second-order valence-electron chi connectivity index (χ2n) is 7.01. The van der Waals surface area contributed by atoms with Crippen molar-refractivity contribution in [3.63, 3.8) is 0 Å². The summed E-state index contributed by atoms with van der Waals surface area (Å²) in [6, 6.07) is 2.00. The van der Waals surface area contributed by atoms with Gasteiger partial charge in [0.25, 0.3) is 0 Å². The van der Waals surface area contributed by atoms with Gasteiger partial charge in [0.05, 0.1) is 0 Å². The molecule has 0 aliphatic heterocycles. The summed E-state index contributed by atoms with van der Waals surface area (Å²) in [6.45, 7) is 13.2. The Bertz CT molecular complexity index is 422. The molecule has 0 atom stereocenters. The average molecular weight is 284 g/mol. The van der Waals surface area contributed by atoms with Crippen molar-refractivity contribution in [1.29, 1.82) is 0 Å². The van der Waals surface area contributed by atoms with Gasteiger partial charge in [0.2, 0.25) is 5.28 Å². The van der Waals surface area contributed by atoms with Gasteiger partial charge in [-0.2, -0.15) is 0 Å². The molecule has 0 unspecified atom stereocenters. The van der Waals surface area contributed by atoms with Gasteiger partial charge < -0.3 is 5.32 Å². The maximum Gasteiger partial charge on any atom is 0.224 e. The molecule has 4 heteroatoms. The Labute approximate surface area is 122 Å². The highest BCUT2D eigenvalue weighted by Gasteiger charge is 2.25. The molecule has 0 saturated heterocycles. The lowest BCUT2D eigenvalue weighted by Gasteiger charge is -2.33. The fourth-order valence-electron chi connectivity index (χ4n) is 2.63. The predicted molar refractivity (Wildman–Crippen MR) is 82.8 cm³/mol. The van der Waals surface area contributed by atoms with Crippen LogP contribution in [0.4, 0.5) is 5.82 Å². The lowest BCUT2D eigenvalue weighted by molar-refractivity contribution is 0.302. The molecule has 0 aliphatic rings. The number of rotatable bonds is 5. The minimum Gasteiger partial charge on any atom is -0.365 e. The second kappa shape index (κ2) is 6.08. The Balaban J connectivity index is 2.86. The number of aryl methyl sites for hydroxylation is 1. The molecule has 1 aromatic heterocycles. The van der Waals surface area contributed by atoms with Crippen molar-refractivity contribution in [1.82, 2.24) is 9.97 Å². The molecule has 108 valence electrons. The van der Waals surface area contributed by atoms with Gasteiger partial charge in [0, 0.05) is 17.3 Å². The van der Waals surface area contributed by atoms with Crippen LogP contribution in [0.3, 0.4) is 0 Å². The second-order valence-corrected chi connectivity index (χ2v) is 7.35. The van der Waals surface area contributed by atoms with Gasteiger partial charge in [-0.15, -0.1) is 0 Å². The summed E-state index contributed by atoms with van der Waals surface area (Å²) >= 11 is 5.99. The summed E-state index contributed by atoms with van der Waals surface area (Å²) in [6.07, 6.45) is 3.03. The number of nitrogens with one attached hydrogen (secondary N) is 1. The zero-order valence-corrected chi connectivity index (χ0v) is 13.7. The fraction of sp³-hybridized carbons (Fsp3) is 0.733. The van der Waals surface area contributed by atoms with Gasteiger partial charge in [0.15, 0.2) is 0 Å². The van der Waals surface area contributed by atoms with E-state index in [0.29, 0.717) is 5.28 Å². The van der Waals surface area contributed by atoms with Gasteiger partial charge in [-0.3, -0.25) is 0 Å². The highest BCUT2D eigenvalue weighted by Crippen LogP contribution is 2.29. The molecule has 0 aromatic carbocycles. The first-order valence-corrected chi connectivity index (χ1v) is 7.31. The fourth-order valence-corrected chi connectivity index (χ4v) is 2.83. The van der Waals surface area contributed by atoms with Gasteiger partial charge in [-0.1, -0.05) is 34.1 Å². The number of nitrogens with zero attached hydrogens (tertiary/aromatic N) is 2. The molecule has 0 radical (unpaired) electrons. The maximum atomic E-state index is 5.99. The zero-order valence-electron chi connectivity index (χ0n) is 13.0. The van der Waals surface area contributed by atoms with Crippen molar-refractivity contribution in [2.45, 2.75) is 66.3 Å². The summed E-state index contributed by atoms with van der Waals surface area (Å²) in [7, 11) is 0. The molecule has 3 nitrogen and oxygen atoms in total. The Morgan fingerprint density at radius 2 is 1.79 bits per heavy atom. The van der Waals surface area contributed by atoms with E-state index in [2.05, 4.69) is 56.8 Å². The van der Waals surface area contributed by atoms with Crippen LogP contribution in [0.25, 0.3) is 0 Å². The van der Waals surface area contributed by atoms with Gasteiger partial charge >= 0.3 is 0 Å². The molecular formula is C15H26ClN3. The van der Waals surface area contributed by atoms with Crippen LogP contribution in [-0.4, -0.2) is 15.5 Å². The highest BCUT2D eigenvalue weighted by molar-refractivity contribution is 6.28. The van der Waals surface area contributed by atoms with E-state index in [-0.39, 0.29) is 11.0 Å². The molecule has 19 heavy (non-hydrogen) atoms. The Morgan fingerprint density at radius 3 is 2.32 bits per heavy atom. The Hall–Kier alpha value is -0.830. The summed E-state index contributed by atoms with van der Waals surface area (Å²) in [5.74, 6) is 0.817. The average Bonchev–Trinajstić information content (AvgIpc) is 2.10. The van der Waals surface area contributed by atoms with E-state index in [1.807, 2.05) is 6.07 Å². The van der Waals surface area contributed by atoms with Crippen molar-refractivity contribution in [2.24, 2.45) is 5.41 Å². The van der Waals surface area contributed by atoms with Crippen LogP contribution in [0.2, 0.25) is 5.28 Å². The van der Waals surface area contributed by atoms with Gasteiger partial charge in [-0.25, -0.2) is 9.97 Å². The Morgan fingerprint density at radius 1 is 1.16 bits per heavy atom. The van der Waals surface area contributed by atoms with Crippen LogP contribution in [0.15, 0.2) is 6.07 Å². The summed E-state index contributed by atoms with van der Waals surface area (Å²) in [4.78, 5) is 8.52. The normalized spacial score (nSPS) is 12.6. The van der Waals surface area contributed by atoms with Crippen LogP contribution in [-0.2, 0) is 6.42 Å². The Kier molecular flexibility index (Phi) is 5.19. The first-order valence-electron chi connectivity index (χ1n) is 6.93. The molecule has 0 saturated carbocycles. The molecule has 0 bridgehead atoms. The van der Waals surface area contributed by atoms with E-state index >= 15 is 0 Å². The highest BCUT2D eigenvalue weighted by atomic mass is 35.5. The molecule has 0 aliphatic carbocycles. The maximum absolute atomic E-state index is 5.99. The third kappa shape index (κ3) is 6.24. The number of hydrogen-bond donors (Lipinski definition) is 1. The third-order valence-electron chi connectivity index (χ3n) is 2.70. The van der Waals surface area contributed by atoms with E-state index in [0.717, 1.165) is 30.8 Å². The topological polar surface area (TPSA) is 37.8 Å². The van der Waals surface area contributed by atoms with Crippen LogP contribution in [0, 0.1) is 5.41 Å². The summed E-state index contributed by atoms with van der Waals surface area (Å²) in [5.41, 5.74) is 1.23. The molecule has 1 aromatic rings. The molecule has 0 spiro atoms. The van der Waals surface area contributed by atoms with Crippen molar-refractivity contribution < 1.29 is 0 Å². The van der Waals surface area contributed by atoms with Crippen LogP contribution in [0.5, 0.6) is 0 Å². The minimum atomic E-state index is -0.0284. The van der Waals surface area contributed by atoms with E-state index in [4.69, 9.17) is 11.6 Å². The number of anilines is 1. The molecule has 1 rings (SSSR count). The predicted octanol–water partition coefficient (Wildman–Crippen LogP) is 4.71. The lowest BCUT2D eigenvalue weighted by Crippen LogP contribution is -2.35. The monoisotopic (exact) mass is 283 g/mol. The summed E-state index contributed by atoms with van der Waals surface area (Å²) in [5, 5.41) is 3.80. The molecular weight excluding hydrogens is 258 g/mol. The van der Waals surface area contributed by atoms with Gasteiger partial charge in [0.1, 0.15) is 5.82 Å². The smallest absolute Gasteiger partial charge is 0.224 e. The van der Waals surface area contributed by atoms with Crippen LogP contribution >= 0.6 is 11.6 Å². The van der Waals surface area contributed by atoms with Crippen molar-refractivity contribution in [3.05, 3.63) is 17.0 Å². The lowest BCUT2D eigenvalue weighted by atomic mass is 9.82. The SMILES string of the molecule is CCCc1cc(NC(C)(C)CC(C)(C)C)nc(Cl)n1. The number of hydrogen-bond acceptors (Lipinski definition) is 3. The van der Waals surface area contributed by atoms with Crippen molar-refractivity contribution in [3.8, 4) is 0 Å². The third-order valence-corrected chi connectivity index (χ3v) is 2.87. The first-order chi connectivity index (χ1) is 8.61. The largest absolute Gasteiger partial charge is 0.365 e. The molecule has 0 amide bonds. The molecule has 0 fully saturated rings. The van der Waals surface area contributed by atoms with Crippen LogP contribution in [0.1, 0.15) is 60.1 Å². The number of aromatic nitrogens is 2. The van der Waals surface area contributed by atoms with Gasteiger partial charge in [-0.05, 0) is 43.7 Å². The molecule has 1 heterocycles. The van der Waals surface area contributed by atoms with Crippen molar-refractivity contribution in [2.75, 3.05) is 5.32 Å². The zero-order chi connectivity index (χ0) is 14.7. The van der Waals surface area contributed by atoms with Crippen molar-refractivity contribution >= 4 is 17.4 Å². The quantitative estimate of drug-likeness (QED) is 0.795. The van der Waals surface area contributed by atoms with E-state index < -0.39 is 0 Å². The van der Waals surface area contributed by atoms with Crippen LogP contribution < -0.4 is 5.32 Å². The summed E-state index contributed by atoms with van der Waals surface area (Å²) < 4.78 is 0. The van der Waals surface area contributed by atoms with E-state index in [1.54, 1.807) is 0 Å². The molecule has 1 N–H and O–H groups in total. The number of halogens is 1. The minimum absolute atomic E-state index is 0.0284. The standard InChI is InChI=1S/C15H26ClN3/c1-7-8-11-9-12(18-13(16)17-11)19-15(5,6)10-14(2,3)4/h9H,7-8,10H2,1-6H3,(H,17,18,19). The van der Waals surface area contributed by atoms with E-state index in [9.17, 15) is 0 Å². The first kappa shape index (κ1) is 16.2.